The maximum Gasteiger partial charge on any atom is 0.343 e. The molecule has 0 aliphatic heterocycles. The van der Waals surface area contributed by atoms with Crippen LogP contribution >= 0.6 is 0 Å². The Morgan fingerprint density at radius 1 is 1.44 bits per heavy atom. The Morgan fingerprint density at radius 2 is 2.17 bits per heavy atom. The molecule has 94 valence electrons. The second-order valence-electron chi connectivity index (χ2n) is 3.89. The van der Waals surface area contributed by atoms with Gasteiger partial charge in [0.2, 0.25) is 0 Å². The average Bonchev–Trinajstić information content (AvgIpc) is 2.70. The molecule has 2 rings (SSSR count). The number of carbonyl (C=O) groups is 1. The van der Waals surface area contributed by atoms with Crippen LogP contribution in [0.25, 0.3) is 5.82 Å². The van der Waals surface area contributed by atoms with Crippen molar-refractivity contribution in [2.75, 3.05) is 7.11 Å². The monoisotopic (exact) mass is 247 g/mol. The lowest BCUT2D eigenvalue weighted by molar-refractivity contribution is 0.0598. The zero-order valence-electron chi connectivity index (χ0n) is 10.4. The lowest BCUT2D eigenvalue weighted by Crippen LogP contribution is -2.25. The van der Waals surface area contributed by atoms with Crippen LogP contribution in [0.2, 0.25) is 0 Å². The van der Waals surface area contributed by atoms with Crippen molar-refractivity contribution in [1.29, 1.82) is 0 Å². The Kier molecular flexibility index (Phi) is 3.01. The third-order valence-electron chi connectivity index (χ3n) is 2.81. The molecule has 0 fully saturated rings. The number of pyridine rings is 1. The van der Waals surface area contributed by atoms with Crippen LogP contribution in [-0.4, -0.2) is 27.8 Å². The average molecular weight is 247 g/mol. The number of H-pyrrole nitrogens is 1. The lowest BCUT2D eigenvalue weighted by Gasteiger charge is -2.05. The predicted octanol–water partition coefficient (Wildman–Crippen LogP) is 0.964. The number of nitrogens with one attached hydrogen (secondary N) is 1. The Labute approximate surface area is 103 Å². The molecule has 0 aliphatic carbocycles. The molecule has 0 spiro atoms. The van der Waals surface area contributed by atoms with E-state index in [2.05, 4.69) is 14.9 Å². The highest BCUT2D eigenvalue weighted by Gasteiger charge is 2.15. The Morgan fingerprint density at radius 3 is 2.72 bits per heavy atom. The standard InChI is InChI=1S/C12H13N3O3/c1-7-8(2)13-14-10(7)15-6-4-5-9(11(15)16)12(17)18-3/h4-6H,1-3H3,(H,13,14). The van der Waals surface area contributed by atoms with Gasteiger partial charge in [0.1, 0.15) is 5.56 Å². The number of esters is 1. The largest absolute Gasteiger partial charge is 0.465 e. The van der Waals surface area contributed by atoms with E-state index in [1.165, 1.54) is 17.7 Å². The van der Waals surface area contributed by atoms with Crippen LogP contribution < -0.4 is 5.56 Å². The highest BCUT2D eigenvalue weighted by molar-refractivity contribution is 5.88. The first-order valence-electron chi connectivity index (χ1n) is 5.38. The van der Waals surface area contributed by atoms with E-state index in [1.54, 1.807) is 12.3 Å². The SMILES string of the molecule is COC(=O)c1cccn(-c2n[nH]c(C)c2C)c1=O. The van der Waals surface area contributed by atoms with E-state index in [1.807, 2.05) is 13.8 Å². The van der Waals surface area contributed by atoms with Crippen molar-refractivity contribution in [3.8, 4) is 5.82 Å². The molecule has 0 bridgehead atoms. The van der Waals surface area contributed by atoms with Gasteiger partial charge in [-0.15, -0.1) is 0 Å². The number of methoxy groups -OCH3 is 1. The molecule has 0 aromatic carbocycles. The number of rotatable bonds is 2. The maximum atomic E-state index is 12.1. The third kappa shape index (κ3) is 1.81. The molecule has 18 heavy (non-hydrogen) atoms. The maximum absolute atomic E-state index is 12.1. The summed E-state index contributed by atoms with van der Waals surface area (Å²) in [5, 5.41) is 6.86. The van der Waals surface area contributed by atoms with Gasteiger partial charge in [-0.05, 0) is 26.0 Å². The van der Waals surface area contributed by atoms with E-state index in [4.69, 9.17) is 0 Å². The second kappa shape index (κ2) is 4.48. The number of hydrogen-bond donors (Lipinski definition) is 1. The van der Waals surface area contributed by atoms with Crippen molar-refractivity contribution >= 4 is 5.97 Å². The summed E-state index contributed by atoms with van der Waals surface area (Å²) in [6.45, 7) is 3.71. The molecule has 1 N–H and O–H groups in total. The van der Waals surface area contributed by atoms with Gasteiger partial charge >= 0.3 is 5.97 Å². The molecule has 0 radical (unpaired) electrons. The molecule has 2 aromatic heterocycles. The molecule has 0 amide bonds. The smallest absolute Gasteiger partial charge is 0.343 e. The summed E-state index contributed by atoms with van der Waals surface area (Å²) in [6.07, 6.45) is 1.57. The molecule has 6 nitrogen and oxygen atoms in total. The van der Waals surface area contributed by atoms with Crippen LogP contribution in [0.1, 0.15) is 21.6 Å². The van der Waals surface area contributed by atoms with Gasteiger partial charge in [0.25, 0.3) is 5.56 Å². The summed E-state index contributed by atoms with van der Waals surface area (Å²) >= 11 is 0. The second-order valence-corrected chi connectivity index (χ2v) is 3.89. The van der Waals surface area contributed by atoms with Gasteiger partial charge in [-0.3, -0.25) is 14.5 Å². The Hall–Kier alpha value is -2.37. The van der Waals surface area contributed by atoms with E-state index < -0.39 is 11.5 Å². The van der Waals surface area contributed by atoms with Gasteiger partial charge in [0.05, 0.1) is 7.11 Å². The minimum atomic E-state index is -0.653. The van der Waals surface area contributed by atoms with Gasteiger partial charge in [0, 0.05) is 17.5 Å². The van der Waals surface area contributed by atoms with E-state index in [0.29, 0.717) is 5.82 Å². The van der Waals surface area contributed by atoms with Gasteiger partial charge < -0.3 is 4.74 Å². The molecule has 0 aliphatic rings. The Balaban J connectivity index is 2.64. The fourth-order valence-electron chi connectivity index (χ4n) is 1.63. The van der Waals surface area contributed by atoms with Crippen molar-refractivity contribution < 1.29 is 9.53 Å². The highest BCUT2D eigenvalue weighted by atomic mass is 16.5. The van der Waals surface area contributed by atoms with Gasteiger partial charge in [-0.25, -0.2) is 4.79 Å². The van der Waals surface area contributed by atoms with Gasteiger partial charge in [-0.2, -0.15) is 5.10 Å². The lowest BCUT2D eigenvalue weighted by atomic mass is 10.2. The number of aryl methyl sites for hydroxylation is 1. The minimum Gasteiger partial charge on any atom is -0.465 e. The summed E-state index contributed by atoms with van der Waals surface area (Å²) in [5.74, 6) is -0.164. The van der Waals surface area contributed by atoms with Crippen molar-refractivity contribution in [3.05, 3.63) is 45.5 Å². The van der Waals surface area contributed by atoms with Crippen LogP contribution in [0.15, 0.2) is 23.1 Å². The van der Waals surface area contributed by atoms with Crippen LogP contribution in [0.4, 0.5) is 0 Å². The molecule has 2 aromatic rings. The minimum absolute atomic E-state index is 0.0138. The van der Waals surface area contributed by atoms with E-state index in [0.717, 1.165) is 11.3 Å². The van der Waals surface area contributed by atoms with E-state index in [-0.39, 0.29) is 5.56 Å². The zero-order chi connectivity index (χ0) is 13.3. The summed E-state index contributed by atoms with van der Waals surface area (Å²) in [7, 11) is 1.24. The van der Waals surface area contributed by atoms with E-state index >= 15 is 0 Å². The van der Waals surface area contributed by atoms with Crippen LogP contribution in [0.5, 0.6) is 0 Å². The number of nitrogens with zero attached hydrogens (tertiary/aromatic N) is 2. The number of aromatic amines is 1. The summed E-state index contributed by atoms with van der Waals surface area (Å²) < 4.78 is 5.89. The van der Waals surface area contributed by atoms with Crippen molar-refractivity contribution in [3.63, 3.8) is 0 Å². The first-order valence-corrected chi connectivity index (χ1v) is 5.38. The highest BCUT2D eigenvalue weighted by Crippen LogP contribution is 2.11. The summed E-state index contributed by atoms with van der Waals surface area (Å²) in [5.41, 5.74) is 1.28. The Bertz CT molecular complexity index is 655. The fourth-order valence-corrected chi connectivity index (χ4v) is 1.63. The molecule has 2 heterocycles. The molecule has 0 saturated heterocycles. The quantitative estimate of drug-likeness (QED) is 0.802. The number of hydrogen-bond acceptors (Lipinski definition) is 4. The zero-order valence-corrected chi connectivity index (χ0v) is 10.4. The first-order chi connectivity index (χ1) is 8.56. The van der Waals surface area contributed by atoms with Crippen molar-refractivity contribution in [2.45, 2.75) is 13.8 Å². The van der Waals surface area contributed by atoms with Gasteiger partial charge in [0.15, 0.2) is 5.82 Å². The molecule has 6 heteroatoms. The van der Waals surface area contributed by atoms with Gasteiger partial charge in [-0.1, -0.05) is 0 Å². The first kappa shape index (κ1) is 12.1. The van der Waals surface area contributed by atoms with Crippen molar-refractivity contribution in [2.24, 2.45) is 0 Å². The summed E-state index contributed by atoms with van der Waals surface area (Å²) in [6, 6.07) is 3.04. The molecular weight excluding hydrogens is 234 g/mol. The fraction of sp³-hybridized carbons (Fsp3) is 0.250. The number of ether oxygens (including phenoxy) is 1. The normalized spacial score (nSPS) is 10.4. The molecule has 0 unspecified atom stereocenters. The van der Waals surface area contributed by atoms with E-state index in [9.17, 15) is 9.59 Å². The molecular formula is C12H13N3O3. The topological polar surface area (TPSA) is 77.0 Å². The van der Waals surface area contributed by atoms with Crippen LogP contribution in [0, 0.1) is 13.8 Å². The predicted molar refractivity (Wildman–Crippen MR) is 65.0 cm³/mol. The number of carbonyl (C=O) groups excluding carboxylic acids is 1. The number of aromatic nitrogens is 3. The molecule has 0 saturated carbocycles. The third-order valence-corrected chi connectivity index (χ3v) is 2.81. The van der Waals surface area contributed by atoms with Crippen LogP contribution in [0.3, 0.4) is 0 Å². The van der Waals surface area contributed by atoms with Crippen molar-refractivity contribution in [1.82, 2.24) is 14.8 Å². The molecule has 0 atom stereocenters. The van der Waals surface area contributed by atoms with Crippen LogP contribution in [-0.2, 0) is 4.74 Å². The summed E-state index contributed by atoms with van der Waals surface area (Å²) in [4.78, 5) is 23.6.